The van der Waals surface area contributed by atoms with Crippen molar-refractivity contribution in [3.63, 3.8) is 0 Å². The Morgan fingerprint density at radius 2 is 1.59 bits per heavy atom. The molecule has 1 heterocycles. The molecule has 2 aromatic carbocycles. The van der Waals surface area contributed by atoms with E-state index in [2.05, 4.69) is 65.1 Å². The van der Waals surface area contributed by atoms with Crippen molar-refractivity contribution in [3.8, 4) is 22.5 Å². The van der Waals surface area contributed by atoms with E-state index in [1.165, 1.54) is 5.56 Å². The van der Waals surface area contributed by atoms with Gasteiger partial charge >= 0.3 is 0 Å². The number of halogens is 1. The van der Waals surface area contributed by atoms with Crippen LogP contribution in [0.5, 0.6) is 0 Å². The van der Waals surface area contributed by atoms with E-state index < -0.39 is 6.17 Å². The molecule has 3 heteroatoms. The number of hydrogen-bond acceptors (Lipinski definition) is 2. The van der Waals surface area contributed by atoms with Gasteiger partial charge in [-0.1, -0.05) is 66.8 Å². The first-order valence-electron chi connectivity index (χ1n) is 10.1. The molecular weight excluding hydrogens is 359 g/mol. The molecule has 0 bridgehead atoms. The maximum absolute atomic E-state index is 12.8. The highest BCUT2D eigenvalue weighted by molar-refractivity contribution is 5.65. The van der Waals surface area contributed by atoms with E-state index in [1.54, 1.807) is 6.92 Å². The molecule has 0 saturated heterocycles. The van der Waals surface area contributed by atoms with Gasteiger partial charge in [0.2, 0.25) is 0 Å². The molecule has 29 heavy (non-hydrogen) atoms. The predicted octanol–water partition coefficient (Wildman–Crippen LogP) is 7.08. The number of hydrogen-bond donors (Lipinski definition) is 0. The monoisotopic (exact) mass is 386 g/mol. The molecule has 1 atom stereocenters. The molecule has 0 radical (unpaired) electrons. The van der Waals surface area contributed by atoms with Crippen LogP contribution < -0.4 is 0 Å². The van der Waals surface area contributed by atoms with Crippen molar-refractivity contribution < 1.29 is 4.39 Å². The summed E-state index contributed by atoms with van der Waals surface area (Å²) in [7, 11) is 0. The first kappa shape index (κ1) is 20.7. The highest BCUT2D eigenvalue weighted by atomic mass is 19.1. The van der Waals surface area contributed by atoms with Gasteiger partial charge in [0.25, 0.3) is 0 Å². The van der Waals surface area contributed by atoms with Gasteiger partial charge < -0.3 is 0 Å². The van der Waals surface area contributed by atoms with E-state index in [1.807, 2.05) is 30.6 Å². The second kappa shape index (κ2) is 10.5. The van der Waals surface area contributed by atoms with Crippen LogP contribution in [0.15, 0.2) is 79.7 Å². The van der Waals surface area contributed by atoms with Gasteiger partial charge in [-0.3, -0.25) is 0 Å². The second-order valence-electron chi connectivity index (χ2n) is 7.22. The molecule has 0 spiro atoms. The lowest BCUT2D eigenvalue weighted by Gasteiger charge is -2.05. The fourth-order valence-electron chi connectivity index (χ4n) is 3.11. The maximum Gasteiger partial charge on any atom is 0.159 e. The van der Waals surface area contributed by atoms with Gasteiger partial charge in [0, 0.05) is 23.5 Å². The van der Waals surface area contributed by atoms with E-state index in [-0.39, 0.29) is 0 Å². The highest BCUT2D eigenvalue weighted by Crippen LogP contribution is 2.22. The highest BCUT2D eigenvalue weighted by Gasteiger charge is 2.04. The summed E-state index contributed by atoms with van der Waals surface area (Å²) in [6, 6.07) is 16.6. The minimum Gasteiger partial charge on any atom is -0.248 e. The van der Waals surface area contributed by atoms with Gasteiger partial charge in [-0.25, -0.2) is 14.4 Å². The molecule has 1 aromatic heterocycles. The average Bonchev–Trinajstić information content (AvgIpc) is 2.75. The van der Waals surface area contributed by atoms with E-state index in [9.17, 15) is 4.39 Å². The number of rotatable bonds is 9. The molecule has 3 rings (SSSR count). The summed E-state index contributed by atoms with van der Waals surface area (Å²) in [5, 5.41) is 0. The minimum atomic E-state index is -0.715. The van der Waals surface area contributed by atoms with Crippen LogP contribution in [0.4, 0.5) is 4.39 Å². The van der Waals surface area contributed by atoms with Crippen molar-refractivity contribution in [2.24, 2.45) is 0 Å². The number of allylic oxidation sites excluding steroid dienone is 2. The van der Waals surface area contributed by atoms with Crippen molar-refractivity contribution in [3.05, 3.63) is 90.8 Å². The van der Waals surface area contributed by atoms with Crippen molar-refractivity contribution in [1.82, 2.24) is 9.97 Å². The minimum absolute atomic E-state index is 0.623. The number of aromatic nitrogens is 2. The van der Waals surface area contributed by atoms with Crippen LogP contribution in [0.25, 0.3) is 28.6 Å². The van der Waals surface area contributed by atoms with Crippen molar-refractivity contribution in [2.45, 2.75) is 38.8 Å². The van der Waals surface area contributed by atoms with Crippen LogP contribution in [0.3, 0.4) is 0 Å². The SMILES string of the molecule is C=CCc1ccc(-c2ncc(-c3ccc(/C=C/CCCC(C)F)cc3)cn2)cc1. The number of nitrogens with zero attached hydrogens (tertiary/aromatic N) is 2. The Morgan fingerprint density at radius 3 is 2.21 bits per heavy atom. The van der Waals surface area contributed by atoms with Crippen LogP contribution in [0, 0.1) is 0 Å². The topological polar surface area (TPSA) is 25.8 Å². The summed E-state index contributed by atoms with van der Waals surface area (Å²) in [5.41, 5.74) is 5.45. The molecule has 0 N–H and O–H groups in total. The Bertz CT molecular complexity index is 924. The van der Waals surface area contributed by atoms with Gasteiger partial charge in [0.1, 0.15) is 0 Å². The van der Waals surface area contributed by atoms with E-state index in [4.69, 9.17) is 0 Å². The zero-order valence-electron chi connectivity index (χ0n) is 16.9. The Hall–Kier alpha value is -3.07. The molecule has 0 fully saturated rings. The summed E-state index contributed by atoms with van der Waals surface area (Å²) in [4.78, 5) is 9.06. The normalized spacial score (nSPS) is 12.2. The average molecular weight is 387 g/mol. The zero-order chi connectivity index (χ0) is 20.5. The predicted molar refractivity (Wildman–Crippen MR) is 120 cm³/mol. The molecule has 1 unspecified atom stereocenters. The summed E-state index contributed by atoms with van der Waals surface area (Å²) in [5.74, 6) is 0.723. The first-order chi connectivity index (χ1) is 14.2. The third-order valence-electron chi connectivity index (χ3n) is 4.77. The van der Waals surface area contributed by atoms with Gasteiger partial charge in [0.15, 0.2) is 5.82 Å². The second-order valence-corrected chi connectivity index (χ2v) is 7.22. The molecule has 2 nitrogen and oxygen atoms in total. The molecule has 0 amide bonds. The van der Waals surface area contributed by atoms with Crippen molar-refractivity contribution in [1.29, 1.82) is 0 Å². The summed E-state index contributed by atoms with van der Waals surface area (Å²) in [6.07, 6.45) is 12.4. The van der Waals surface area contributed by atoms with Crippen LogP contribution in [-0.2, 0) is 6.42 Å². The lowest BCUT2D eigenvalue weighted by molar-refractivity contribution is 0.335. The summed E-state index contributed by atoms with van der Waals surface area (Å²) >= 11 is 0. The molecule has 0 saturated carbocycles. The molecule has 0 aliphatic heterocycles. The van der Waals surface area contributed by atoms with Gasteiger partial charge in [0.05, 0.1) is 6.17 Å². The lowest BCUT2D eigenvalue weighted by Crippen LogP contribution is -1.91. The third-order valence-corrected chi connectivity index (χ3v) is 4.77. The zero-order valence-corrected chi connectivity index (χ0v) is 16.9. The Kier molecular flexibility index (Phi) is 7.46. The summed E-state index contributed by atoms with van der Waals surface area (Å²) < 4.78 is 12.8. The van der Waals surface area contributed by atoms with E-state index in [0.717, 1.165) is 47.3 Å². The standard InChI is InChI=1S/C26H27FN2/c1-3-7-21-12-16-24(17-13-21)26-28-18-25(19-29-26)23-14-10-22(11-15-23)9-6-4-5-8-20(2)27/h3,6,9-20H,1,4-5,7-8H2,2H3/b9-6+. The van der Waals surface area contributed by atoms with Crippen LogP contribution in [0.1, 0.15) is 37.3 Å². The van der Waals surface area contributed by atoms with Gasteiger partial charge in [-0.15, -0.1) is 6.58 Å². The molecule has 148 valence electrons. The van der Waals surface area contributed by atoms with Gasteiger partial charge in [-0.2, -0.15) is 0 Å². The van der Waals surface area contributed by atoms with Crippen LogP contribution in [-0.4, -0.2) is 16.1 Å². The van der Waals surface area contributed by atoms with E-state index >= 15 is 0 Å². The Balaban J connectivity index is 1.62. The maximum atomic E-state index is 12.8. The fraction of sp³-hybridized carbons (Fsp3) is 0.231. The largest absolute Gasteiger partial charge is 0.248 e. The Morgan fingerprint density at radius 1 is 0.931 bits per heavy atom. The molecular formula is C26H27FN2. The Labute approximate surface area is 172 Å². The molecule has 0 aliphatic carbocycles. The fourth-order valence-corrected chi connectivity index (χ4v) is 3.11. The number of alkyl halides is 1. The lowest BCUT2D eigenvalue weighted by atomic mass is 10.1. The quantitative estimate of drug-likeness (QED) is 0.290. The third kappa shape index (κ3) is 6.21. The smallest absolute Gasteiger partial charge is 0.159 e. The number of unbranched alkanes of at least 4 members (excludes halogenated alkanes) is 1. The van der Waals surface area contributed by atoms with Crippen LogP contribution in [0.2, 0.25) is 0 Å². The first-order valence-corrected chi connectivity index (χ1v) is 10.1. The van der Waals surface area contributed by atoms with Crippen LogP contribution >= 0.6 is 0 Å². The van der Waals surface area contributed by atoms with Crippen molar-refractivity contribution >= 4 is 6.08 Å². The van der Waals surface area contributed by atoms with E-state index in [0.29, 0.717) is 6.42 Å². The van der Waals surface area contributed by atoms with Gasteiger partial charge in [-0.05, 0) is 49.3 Å². The molecule has 3 aromatic rings. The molecule has 0 aliphatic rings. The van der Waals surface area contributed by atoms with Crippen molar-refractivity contribution in [2.75, 3.05) is 0 Å². The number of benzene rings is 2. The summed E-state index contributed by atoms with van der Waals surface area (Å²) in [6.45, 7) is 5.38.